The highest BCUT2D eigenvalue weighted by molar-refractivity contribution is 7.23. The summed E-state index contributed by atoms with van der Waals surface area (Å²) in [4.78, 5) is 0. The highest BCUT2D eigenvalue weighted by Crippen LogP contribution is 2.33. The Labute approximate surface area is 299 Å². The van der Waals surface area contributed by atoms with E-state index in [1.54, 1.807) is 0 Å². The van der Waals surface area contributed by atoms with Crippen molar-refractivity contribution in [3.05, 3.63) is 194 Å². The molecule has 0 radical (unpaired) electrons. The third-order valence-electron chi connectivity index (χ3n) is 11.7. The van der Waals surface area contributed by atoms with Crippen LogP contribution >= 0.6 is 0 Å². The molecular formula is C48H32OSi2. The summed E-state index contributed by atoms with van der Waals surface area (Å²) in [6.07, 6.45) is 0. The number of hydrogen-bond donors (Lipinski definition) is 0. The van der Waals surface area contributed by atoms with Crippen molar-refractivity contribution in [2.45, 2.75) is 0 Å². The zero-order valence-corrected chi connectivity index (χ0v) is 29.9. The molecule has 51 heavy (non-hydrogen) atoms. The standard InChI is InChI=1S/C48H32OSi2/c1-3-15-33(16-4-1)50(45-23-11-7-19-37(45)38-20-8-12-24-46(38)50)35-27-29-43-41(31-35)42-32-36(28-30-44(42)49-43)51(34-17-5-2-6-18-34)47-25-13-9-21-39(47)40-22-10-14-26-48(40)51/h1-32H. The molecule has 0 saturated heterocycles. The summed E-state index contributed by atoms with van der Waals surface area (Å²) in [6.45, 7) is 0. The maximum atomic E-state index is 6.67. The highest BCUT2D eigenvalue weighted by Gasteiger charge is 2.50. The van der Waals surface area contributed by atoms with Crippen molar-refractivity contribution in [3.63, 3.8) is 0 Å². The van der Waals surface area contributed by atoms with Crippen LogP contribution in [-0.2, 0) is 0 Å². The van der Waals surface area contributed by atoms with Crippen LogP contribution in [0.1, 0.15) is 0 Å². The Morgan fingerprint density at radius 1 is 0.275 bits per heavy atom. The summed E-state index contributed by atoms with van der Waals surface area (Å²) in [5, 5.41) is 13.8. The van der Waals surface area contributed by atoms with E-state index in [4.69, 9.17) is 4.42 Å². The van der Waals surface area contributed by atoms with Gasteiger partial charge in [0, 0.05) is 10.8 Å². The molecule has 0 fully saturated rings. The second-order valence-corrected chi connectivity index (χ2v) is 21.4. The number of benzene rings is 8. The topological polar surface area (TPSA) is 13.1 Å². The summed E-state index contributed by atoms with van der Waals surface area (Å²) < 4.78 is 6.67. The molecule has 0 unspecified atom stereocenters. The molecule has 0 saturated carbocycles. The molecule has 0 amide bonds. The molecular weight excluding hydrogens is 649 g/mol. The predicted molar refractivity (Wildman–Crippen MR) is 219 cm³/mol. The Kier molecular flexibility index (Phi) is 6.07. The van der Waals surface area contributed by atoms with Gasteiger partial charge in [-0.3, -0.25) is 0 Å². The zero-order chi connectivity index (χ0) is 33.6. The van der Waals surface area contributed by atoms with E-state index in [1.165, 1.54) is 74.5 Å². The average Bonchev–Trinajstić information content (AvgIpc) is 3.83. The fourth-order valence-corrected chi connectivity index (χ4v) is 20.0. The maximum Gasteiger partial charge on any atom is 0.180 e. The predicted octanol–water partition coefficient (Wildman–Crippen LogP) is 6.30. The molecule has 0 atom stereocenters. The summed E-state index contributed by atoms with van der Waals surface area (Å²) in [5.41, 5.74) is 7.31. The SMILES string of the molecule is c1ccc([Si]2(c3ccc4oc5ccc([Si]6(c7ccccc7)c7ccccc7-c7ccccc76)cc5c4c3)c3ccccc3-c3ccccc32)cc1. The molecule has 3 heteroatoms. The number of furan rings is 1. The van der Waals surface area contributed by atoms with Crippen molar-refractivity contribution in [2.75, 3.05) is 0 Å². The van der Waals surface area contributed by atoms with Gasteiger partial charge in [-0.1, -0.05) is 182 Å². The van der Waals surface area contributed by atoms with Crippen LogP contribution in [0.3, 0.4) is 0 Å². The fourth-order valence-electron chi connectivity index (χ4n) is 9.67. The van der Waals surface area contributed by atoms with Crippen molar-refractivity contribution in [2.24, 2.45) is 0 Å². The normalized spacial score (nSPS) is 14.6. The third kappa shape index (κ3) is 3.74. The van der Waals surface area contributed by atoms with Crippen LogP contribution in [-0.4, -0.2) is 16.1 Å². The smallest absolute Gasteiger partial charge is 0.180 e. The van der Waals surface area contributed by atoms with Crippen LogP contribution in [0.2, 0.25) is 0 Å². The van der Waals surface area contributed by atoms with E-state index in [2.05, 4.69) is 194 Å². The number of hydrogen-bond acceptors (Lipinski definition) is 1. The molecule has 11 rings (SSSR count). The summed E-state index contributed by atoms with van der Waals surface area (Å²) >= 11 is 0. The first-order valence-corrected chi connectivity index (χ1v) is 21.8. The van der Waals surface area contributed by atoms with Crippen LogP contribution in [0.5, 0.6) is 0 Å². The second kappa shape index (κ2) is 10.7. The van der Waals surface area contributed by atoms with Crippen LogP contribution in [0.25, 0.3) is 44.2 Å². The van der Waals surface area contributed by atoms with Gasteiger partial charge in [-0.2, -0.15) is 0 Å². The van der Waals surface area contributed by atoms with Crippen LogP contribution in [0.4, 0.5) is 0 Å². The van der Waals surface area contributed by atoms with Gasteiger partial charge in [-0.15, -0.1) is 0 Å². The molecule has 238 valence electrons. The Hall–Kier alpha value is -6.01. The summed E-state index contributed by atoms with van der Waals surface area (Å²) in [7, 11) is -5.28. The highest BCUT2D eigenvalue weighted by atomic mass is 28.3. The molecule has 9 aromatic rings. The lowest BCUT2D eigenvalue weighted by Crippen LogP contribution is -2.72. The van der Waals surface area contributed by atoms with Gasteiger partial charge in [-0.25, -0.2) is 0 Å². The van der Waals surface area contributed by atoms with Crippen LogP contribution in [0, 0.1) is 0 Å². The van der Waals surface area contributed by atoms with Gasteiger partial charge in [0.05, 0.1) is 0 Å². The maximum absolute atomic E-state index is 6.67. The fraction of sp³-hybridized carbons (Fsp3) is 0. The molecule has 1 aromatic heterocycles. The lowest BCUT2D eigenvalue weighted by Gasteiger charge is -2.31. The number of fused-ring (bicyclic) bond motifs is 9. The van der Waals surface area contributed by atoms with E-state index >= 15 is 0 Å². The molecule has 0 aliphatic carbocycles. The van der Waals surface area contributed by atoms with E-state index < -0.39 is 16.1 Å². The van der Waals surface area contributed by atoms with E-state index in [0.717, 1.165) is 11.2 Å². The molecule has 1 nitrogen and oxygen atoms in total. The number of rotatable bonds is 4. The quantitative estimate of drug-likeness (QED) is 0.199. The van der Waals surface area contributed by atoms with Crippen molar-refractivity contribution in [1.82, 2.24) is 0 Å². The first kappa shape index (κ1) is 28.8. The molecule has 3 heterocycles. The molecule has 0 bridgehead atoms. The molecule has 0 spiro atoms. The van der Waals surface area contributed by atoms with Gasteiger partial charge in [-0.05, 0) is 75.9 Å². The summed E-state index contributed by atoms with van der Waals surface area (Å²) in [6, 6.07) is 73.1. The largest absolute Gasteiger partial charge is 0.456 e. The van der Waals surface area contributed by atoms with Gasteiger partial charge in [0.25, 0.3) is 0 Å². The monoisotopic (exact) mass is 680 g/mol. The first-order valence-electron chi connectivity index (χ1n) is 17.8. The molecule has 2 aliphatic heterocycles. The lowest BCUT2D eigenvalue weighted by molar-refractivity contribution is 0.669. The lowest BCUT2D eigenvalue weighted by atomic mass is 10.1. The average molecular weight is 681 g/mol. The van der Waals surface area contributed by atoms with Crippen molar-refractivity contribution >= 4 is 79.6 Å². The Bertz CT molecular complexity index is 2530. The minimum Gasteiger partial charge on any atom is -0.456 e. The van der Waals surface area contributed by atoms with Crippen molar-refractivity contribution in [3.8, 4) is 22.3 Å². The zero-order valence-electron chi connectivity index (χ0n) is 27.9. The second-order valence-electron chi connectivity index (χ2n) is 13.9. The first-order chi connectivity index (χ1) is 25.3. The van der Waals surface area contributed by atoms with Crippen LogP contribution < -0.4 is 41.5 Å². The molecule has 2 aliphatic rings. The van der Waals surface area contributed by atoms with Crippen LogP contribution in [0.15, 0.2) is 199 Å². The van der Waals surface area contributed by atoms with Gasteiger partial charge >= 0.3 is 0 Å². The van der Waals surface area contributed by atoms with E-state index in [0.29, 0.717) is 0 Å². The Morgan fingerprint density at radius 2 is 0.588 bits per heavy atom. The van der Waals surface area contributed by atoms with Gasteiger partial charge in [0.2, 0.25) is 0 Å². The van der Waals surface area contributed by atoms with Crippen molar-refractivity contribution in [1.29, 1.82) is 0 Å². The Morgan fingerprint density at radius 3 is 0.941 bits per heavy atom. The molecule has 8 aromatic carbocycles. The van der Waals surface area contributed by atoms with E-state index in [-0.39, 0.29) is 0 Å². The summed E-state index contributed by atoms with van der Waals surface area (Å²) in [5.74, 6) is 0. The third-order valence-corrected chi connectivity index (χ3v) is 21.4. The van der Waals surface area contributed by atoms with E-state index in [1.807, 2.05) is 0 Å². The minimum absolute atomic E-state index is 0.935. The van der Waals surface area contributed by atoms with Crippen molar-refractivity contribution < 1.29 is 4.42 Å². The molecule has 0 N–H and O–H groups in total. The van der Waals surface area contributed by atoms with Gasteiger partial charge < -0.3 is 4.42 Å². The Balaban J connectivity index is 1.21. The van der Waals surface area contributed by atoms with Gasteiger partial charge in [0.15, 0.2) is 16.1 Å². The minimum atomic E-state index is -2.64. The van der Waals surface area contributed by atoms with E-state index in [9.17, 15) is 0 Å². The van der Waals surface area contributed by atoms with Gasteiger partial charge in [0.1, 0.15) is 11.2 Å².